The van der Waals surface area contributed by atoms with Crippen molar-refractivity contribution in [2.75, 3.05) is 19.6 Å². The molecule has 0 aliphatic carbocycles. The molecule has 2 aromatic rings. The second-order valence-corrected chi connectivity index (χ2v) is 8.97. The number of carbonyl (C=O) groups is 2. The van der Waals surface area contributed by atoms with Gasteiger partial charge in [0.2, 0.25) is 11.8 Å². The Balaban J connectivity index is 1.35. The van der Waals surface area contributed by atoms with Gasteiger partial charge in [0, 0.05) is 62.0 Å². The van der Waals surface area contributed by atoms with Gasteiger partial charge in [-0.25, -0.2) is 0 Å². The molecular formula is C23H29N5O3. The van der Waals surface area contributed by atoms with Crippen molar-refractivity contribution in [2.24, 2.45) is 11.8 Å². The predicted octanol–water partition coefficient (Wildman–Crippen LogP) is 2.07. The van der Waals surface area contributed by atoms with Gasteiger partial charge < -0.3 is 14.7 Å². The average Bonchev–Trinajstić information content (AvgIpc) is 3.24. The molecule has 31 heavy (non-hydrogen) atoms. The highest BCUT2D eigenvalue weighted by Gasteiger charge is 2.51. The number of pyridine rings is 1. The van der Waals surface area contributed by atoms with Crippen molar-refractivity contribution in [3.63, 3.8) is 0 Å². The van der Waals surface area contributed by atoms with E-state index < -0.39 is 0 Å². The van der Waals surface area contributed by atoms with Crippen LogP contribution in [0.2, 0.25) is 0 Å². The van der Waals surface area contributed by atoms with Crippen LogP contribution in [0.1, 0.15) is 38.4 Å². The van der Waals surface area contributed by atoms with E-state index in [2.05, 4.69) is 20.4 Å². The number of rotatable bonds is 5. The fraction of sp³-hybridized carbons (Fsp3) is 0.565. The van der Waals surface area contributed by atoms with Crippen molar-refractivity contribution in [1.29, 1.82) is 0 Å². The van der Waals surface area contributed by atoms with Crippen molar-refractivity contribution in [2.45, 2.75) is 51.2 Å². The molecule has 2 bridgehead atoms. The molecule has 0 spiro atoms. The van der Waals surface area contributed by atoms with Gasteiger partial charge in [0.05, 0.1) is 6.54 Å². The van der Waals surface area contributed by atoms with Crippen LogP contribution < -0.4 is 5.32 Å². The first-order valence-electron chi connectivity index (χ1n) is 11.3. The minimum atomic E-state index is -0.363. The Morgan fingerprint density at radius 2 is 2.19 bits per heavy atom. The molecule has 3 fully saturated rings. The lowest BCUT2D eigenvalue weighted by Crippen LogP contribution is -2.68. The third-order valence-electron chi connectivity index (χ3n) is 6.93. The molecule has 0 radical (unpaired) electrons. The van der Waals surface area contributed by atoms with Crippen LogP contribution >= 0.6 is 0 Å². The minimum absolute atomic E-state index is 0.00780. The number of hydrogen-bond acceptors (Lipinski definition) is 6. The van der Waals surface area contributed by atoms with Crippen LogP contribution in [0.4, 0.5) is 0 Å². The maximum atomic E-state index is 13.0. The normalized spacial score (nSPS) is 28.3. The summed E-state index contributed by atoms with van der Waals surface area (Å²) >= 11 is 0. The van der Waals surface area contributed by atoms with Crippen LogP contribution in [-0.4, -0.2) is 63.5 Å². The molecule has 0 saturated carbocycles. The van der Waals surface area contributed by atoms with Crippen molar-refractivity contribution in [3.05, 3.63) is 36.4 Å². The van der Waals surface area contributed by atoms with Crippen LogP contribution in [0.25, 0.3) is 11.3 Å². The van der Waals surface area contributed by atoms with Crippen LogP contribution in [0.5, 0.6) is 0 Å². The zero-order valence-corrected chi connectivity index (χ0v) is 17.9. The lowest BCUT2D eigenvalue weighted by Gasteiger charge is -2.55. The SMILES string of the molecule is CCNC(=O)[C@H]1[C@H]2C[C@H](CN(Cc3cc(-c4cccnc4)no3)C2)[C@@H]2CCCC(=O)N21. The Hall–Kier alpha value is -2.74. The van der Waals surface area contributed by atoms with Gasteiger partial charge in [-0.05, 0) is 44.2 Å². The molecule has 8 heteroatoms. The molecule has 0 unspecified atom stereocenters. The van der Waals surface area contributed by atoms with E-state index in [4.69, 9.17) is 4.52 Å². The maximum absolute atomic E-state index is 13.0. The molecule has 4 atom stereocenters. The Morgan fingerprint density at radius 1 is 1.32 bits per heavy atom. The first-order valence-corrected chi connectivity index (χ1v) is 11.3. The highest BCUT2D eigenvalue weighted by molar-refractivity contribution is 5.89. The largest absolute Gasteiger partial charge is 0.359 e. The molecule has 3 aliphatic rings. The zero-order chi connectivity index (χ0) is 21.4. The van der Waals surface area contributed by atoms with E-state index in [-0.39, 0.29) is 29.8 Å². The molecule has 164 valence electrons. The number of fused-ring (bicyclic) bond motifs is 4. The molecule has 2 aromatic heterocycles. The van der Waals surface area contributed by atoms with E-state index in [0.717, 1.165) is 49.4 Å². The topological polar surface area (TPSA) is 91.6 Å². The molecule has 5 heterocycles. The zero-order valence-electron chi connectivity index (χ0n) is 17.9. The summed E-state index contributed by atoms with van der Waals surface area (Å²) in [6, 6.07) is 5.62. The third kappa shape index (κ3) is 3.84. The van der Waals surface area contributed by atoms with Gasteiger partial charge in [-0.2, -0.15) is 0 Å². The molecule has 3 aliphatic heterocycles. The van der Waals surface area contributed by atoms with Gasteiger partial charge in [-0.3, -0.25) is 19.5 Å². The van der Waals surface area contributed by atoms with E-state index in [9.17, 15) is 9.59 Å². The van der Waals surface area contributed by atoms with Gasteiger partial charge in [0.1, 0.15) is 11.7 Å². The van der Waals surface area contributed by atoms with Crippen molar-refractivity contribution < 1.29 is 14.1 Å². The van der Waals surface area contributed by atoms with Gasteiger partial charge in [0.25, 0.3) is 0 Å². The standard InChI is InChI=1S/C23H29N5O3/c1-2-25-23(30)22-17-9-16(20-6-3-7-21(29)28(20)22)12-27(13-17)14-18-10-19(26-31-18)15-5-4-8-24-11-15/h4-5,8,10-11,16-17,20,22H,2-3,6-7,9,12-14H2,1H3,(H,25,30)/t16-,17+,20+,22-/m1/s1. The van der Waals surface area contributed by atoms with Crippen LogP contribution in [0, 0.1) is 11.8 Å². The van der Waals surface area contributed by atoms with Crippen LogP contribution in [-0.2, 0) is 16.1 Å². The molecule has 5 rings (SSSR count). The van der Waals surface area contributed by atoms with Gasteiger partial charge in [0.15, 0.2) is 5.76 Å². The summed E-state index contributed by atoms with van der Waals surface area (Å²) < 4.78 is 5.62. The lowest BCUT2D eigenvalue weighted by atomic mass is 9.71. The highest BCUT2D eigenvalue weighted by atomic mass is 16.5. The molecule has 3 saturated heterocycles. The second-order valence-electron chi connectivity index (χ2n) is 8.97. The predicted molar refractivity (Wildman–Crippen MR) is 114 cm³/mol. The molecule has 8 nitrogen and oxygen atoms in total. The van der Waals surface area contributed by atoms with Crippen molar-refractivity contribution in [3.8, 4) is 11.3 Å². The van der Waals surface area contributed by atoms with E-state index in [0.29, 0.717) is 25.4 Å². The van der Waals surface area contributed by atoms with E-state index >= 15 is 0 Å². The van der Waals surface area contributed by atoms with Gasteiger partial charge >= 0.3 is 0 Å². The smallest absolute Gasteiger partial charge is 0.243 e. The molecular weight excluding hydrogens is 394 g/mol. The number of aromatic nitrogens is 2. The number of likely N-dealkylation sites (tertiary alicyclic amines) is 1. The average molecular weight is 424 g/mol. The molecule has 1 N–H and O–H groups in total. The van der Waals surface area contributed by atoms with E-state index in [1.54, 1.807) is 12.4 Å². The highest BCUT2D eigenvalue weighted by Crippen LogP contribution is 2.42. The third-order valence-corrected chi connectivity index (χ3v) is 6.93. The Kier molecular flexibility index (Phi) is 5.48. The van der Waals surface area contributed by atoms with Gasteiger partial charge in [-0.1, -0.05) is 5.16 Å². The Labute approximate surface area is 182 Å². The summed E-state index contributed by atoms with van der Waals surface area (Å²) in [5.41, 5.74) is 1.71. The number of piperidine rings is 3. The minimum Gasteiger partial charge on any atom is -0.359 e. The van der Waals surface area contributed by atoms with Crippen molar-refractivity contribution >= 4 is 11.8 Å². The monoisotopic (exact) mass is 423 g/mol. The summed E-state index contributed by atoms with van der Waals surface area (Å²) in [6.07, 6.45) is 6.98. The number of amides is 2. The fourth-order valence-electron chi connectivity index (χ4n) is 5.76. The first-order chi connectivity index (χ1) is 15.1. The second kappa shape index (κ2) is 8.42. The number of nitrogens with zero attached hydrogens (tertiary/aromatic N) is 4. The summed E-state index contributed by atoms with van der Waals surface area (Å²) in [6.45, 7) is 4.85. The van der Waals surface area contributed by atoms with E-state index in [1.807, 2.05) is 30.0 Å². The summed E-state index contributed by atoms with van der Waals surface area (Å²) in [5, 5.41) is 7.18. The van der Waals surface area contributed by atoms with Crippen LogP contribution in [0.3, 0.4) is 0 Å². The Bertz CT molecular complexity index is 946. The number of likely N-dealkylation sites (N-methyl/N-ethyl adjacent to an activating group) is 1. The number of carbonyl (C=O) groups excluding carboxylic acids is 2. The van der Waals surface area contributed by atoms with Crippen LogP contribution in [0.15, 0.2) is 35.1 Å². The van der Waals surface area contributed by atoms with Gasteiger partial charge in [-0.15, -0.1) is 0 Å². The number of hydrogen-bond donors (Lipinski definition) is 1. The lowest BCUT2D eigenvalue weighted by molar-refractivity contribution is -0.160. The summed E-state index contributed by atoms with van der Waals surface area (Å²) in [5.74, 6) is 1.49. The quantitative estimate of drug-likeness (QED) is 0.792. The summed E-state index contributed by atoms with van der Waals surface area (Å²) in [7, 11) is 0. The Morgan fingerprint density at radius 3 is 3.00 bits per heavy atom. The molecule has 2 amide bonds. The number of nitrogens with one attached hydrogen (secondary N) is 1. The summed E-state index contributed by atoms with van der Waals surface area (Å²) in [4.78, 5) is 34.2. The fourth-order valence-corrected chi connectivity index (χ4v) is 5.76. The van der Waals surface area contributed by atoms with E-state index in [1.165, 1.54) is 0 Å². The molecule has 0 aromatic carbocycles. The van der Waals surface area contributed by atoms with Crippen molar-refractivity contribution in [1.82, 2.24) is 25.3 Å². The first kappa shape index (κ1) is 20.2. The maximum Gasteiger partial charge on any atom is 0.243 e.